The van der Waals surface area contributed by atoms with Crippen LogP contribution in [0, 0.1) is 13.8 Å². The van der Waals surface area contributed by atoms with Gasteiger partial charge < -0.3 is 10.1 Å². The lowest BCUT2D eigenvalue weighted by molar-refractivity contribution is 0.121. The zero-order valence-electron chi connectivity index (χ0n) is 9.45. The maximum absolute atomic E-state index is 5.50. The fourth-order valence-corrected chi connectivity index (χ4v) is 1.77. The molecule has 1 saturated heterocycles. The van der Waals surface area contributed by atoms with Crippen molar-refractivity contribution in [3.63, 3.8) is 0 Å². The SMILES string of the molecule is Cc1cnc(C)c(NC2CCOC2C)n1. The molecule has 0 amide bonds. The third-order valence-electron chi connectivity index (χ3n) is 2.77. The van der Waals surface area contributed by atoms with E-state index in [-0.39, 0.29) is 6.10 Å². The molecule has 0 radical (unpaired) electrons. The van der Waals surface area contributed by atoms with Crippen LogP contribution in [0.15, 0.2) is 6.20 Å². The number of aryl methyl sites for hydroxylation is 2. The van der Waals surface area contributed by atoms with E-state index in [0.717, 1.165) is 30.2 Å². The number of hydrogen-bond acceptors (Lipinski definition) is 4. The molecule has 1 aliphatic heterocycles. The third-order valence-corrected chi connectivity index (χ3v) is 2.77. The summed E-state index contributed by atoms with van der Waals surface area (Å²) in [7, 11) is 0. The van der Waals surface area contributed by atoms with E-state index in [0.29, 0.717) is 6.04 Å². The molecule has 2 heterocycles. The highest BCUT2D eigenvalue weighted by Gasteiger charge is 2.24. The average molecular weight is 207 g/mol. The zero-order chi connectivity index (χ0) is 10.8. The van der Waals surface area contributed by atoms with Crippen molar-refractivity contribution in [3.8, 4) is 0 Å². The van der Waals surface area contributed by atoms with E-state index in [4.69, 9.17) is 4.74 Å². The van der Waals surface area contributed by atoms with Gasteiger partial charge in [0.2, 0.25) is 0 Å². The number of ether oxygens (including phenoxy) is 1. The number of nitrogens with zero attached hydrogens (tertiary/aromatic N) is 2. The molecule has 4 heteroatoms. The van der Waals surface area contributed by atoms with Gasteiger partial charge in [0, 0.05) is 12.8 Å². The molecule has 82 valence electrons. The predicted molar refractivity (Wildman–Crippen MR) is 58.9 cm³/mol. The summed E-state index contributed by atoms with van der Waals surface area (Å²) >= 11 is 0. The van der Waals surface area contributed by atoms with E-state index >= 15 is 0 Å². The Balaban J connectivity index is 2.12. The first-order valence-electron chi connectivity index (χ1n) is 5.35. The van der Waals surface area contributed by atoms with Crippen molar-refractivity contribution in [1.82, 2.24) is 9.97 Å². The lowest BCUT2D eigenvalue weighted by atomic mass is 10.1. The molecular formula is C11H17N3O. The molecule has 0 aliphatic carbocycles. The molecule has 0 saturated carbocycles. The van der Waals surface area contributed by atoms with Gasteiger partial charge in [-0.05, 0) is 27.2 Å². The first-order valence-corrected chi connectivity index (χ1v) is 5.35. The van der Waals surface area contributed by atoms with Crippen molar-refractivity contribution in [2.45, 2.75) is 39.3 Å². The molecule has 0 bridgehead atoms. The predicted octanol–water partition coefficient (Wildman–Crippen LogP) is 1.68. The number of anilines is 1. The summed E-state index contributed by atoms with van der Waals surface area (Å²) in [6, 6.07) is 0.361. The number of nitrogens with one attached hydrogen (secondary N) is 1. The average Bonchev–Trinajstić information content (AvgIpc) is 2.58. The Morgan fingerprint density at radius 1 is 1.47 bits per heavy atom. The van der Waals surface area contributed by atoms with Gasteiger partial charge in [-0.2, -0.15) is 0 Å². The Labute approximate surface area is 90.1 Å². The van der Waals surface area contributed by atoms with Gasteiger partial charge in [-0.15, -0.1) is 0 Å². The fraction of sp³-hybridized carbons (Fsp3) is 0.636. The Morgan fingerprint density at radius 2 is 2.27 bits per heavy atom. The Hall–Kier alpha value is -1.16. The number of hydrogen-bond donors (Lipinski definition) is 1. The van der Waals surface area contributed by atoms with Crippen LogP contribution < -0.4 is 5.32 Å². The highest BCUT2D eigenvalue weighted by Crippen LogP contribution is 2.19. The van der Waals surface area contributed by atoms with Gasteiger partial charge in [0.15, 0.2) is 0 Å². The Bertz CT molecular complexity index is 354. The lowest BCUT2D eigenvalue weighted by Gasteiger charge is -2.17. The lowest BCUT2D eigenvalue weighted by Crippen LogP contribution is -2.27. The summed E-state index contributed by atoms with van der Waals surface area (Å²) in [6.45, 7) is 6.84. The van der Waals surface area contributed by atoms with Gasteiger partial charge in [-0.1, -0.05) is 0 Å². The summed E-state index contributed by atoms with van der Waals surface area (Å²) in [5, 5.41) is 3.40. The van der Waals surface area contributed by atoms with Crippen molar-refractivity contribution in [3.05, 3.63) is 17.6 Å². The van der Waals surface area contributed by atoms with Crippen LogP contribution in [0.5, 0.6) is 0 Å². The molecule has 4 nitrogen and oxygen atoms in total. The van der Waals surface area contributed by atoms with Gasteiger partial charge in [0.05, 0.1) is 23.5 Å². The molecule has 2 unspecified atom stereocenters. The van der Waals surface area contributed by atoms with E-state index in [9.17, 15) is 0 Å². The van der Waals surface area contributed by atoms with Crippen LogP contribution in [0.4, 0.5) is 5.82 Å². The van der Waals surface area contributed by atoms with Crippen LogP contribution in [0.1, 0.15) is 24.7 Å². The number of aromatic nitrogens is 2. The fourth-order valence-electron chi connectivity index (χ4n) is 1.77. The van der Waals surface area contributed by atoms with Crippen LogP contribution in [0.3, 0.4) is 0 Å². The smallest absolute Gasteiger partial charge is 0.148 e. The third kappa shape index (κ3) is 2.26. The first kappa shape index (κ1) is 10.4. The van der Waals surface area contributed by atoms with Gasteiger partial charge in [-0.25, -0.2) is 4.98 Å². The summed E-state index contributed by atoms with van der Waals surface area (Å²) in [5.74, 6) is 0.886. The van der Waals surface area contributed by atoms with E-state index in [1.807, 2.05) is 13.8 Å². The summed E-state index contributed by atoms with van der Waals surface area (Å²) in [4.78, 5) is 8.72. The van der Waals surface area contributed by atoms with Crippen LogP contribution in [0.2, 0.25) is 0 Å². The molecule has 1 fully saturated rings. The first-order chi connectivity index (χ1) is 7.16. The van der Waals surface area contributed by atoms with E-state index in [1.165, 1.54) is 0 Å². The summed E-state index contributed by atoms with van der Waals surface area (Å²) in [6.07, 6.45) is 3.08. The van der Waals surface area contributed by atoms with E-state index in [1.54, 1.807) is 6.20 Å². The number of rotatable bonds is 2. The molecule has 2 atom stereocenters. The summed E-state index contributed by atoms with van der Waals surface area (Å²) < 4.78 is 5.50. The van der Waals surface area contributed by atoms with Gasteiger partial charge in [0.1, 0.15) is 5.82 Å². The van der Waals surface area contributed by atoms with Crippen LogP contribution in [-0.2, 0) is 4.74 Å². The molecule has 1 aromatic rings. The molecule has 1 aliphatic rings. The highest BCUT2D eigenvalue weighted by molar-refractivity contribution is 5.41. The summed E-state index contributed by atoms with van der Waals surface area (Å²) in [5.41, 5.74) is 1.88. The van der Waals surface area contributed by atoms with Crippen molar-refractivity contribution in [1.29, 1.82) is 0 Å². The van der Waals surface area contributed by atoms with Gasteiger partial charge in [-0.3, -0.25) is 4.98 Å². The normalized spacial score (nSPS) is 25.5. The second-order valence-electron chi connectivity index (χ2n) is 4.06. The van der Waals surface area contributed by atoms with E-state index < -0.39 is 0 Å². The Kier molecular flexibility index (Phi) is 2.86. The topological polar surface area (TPSA) is 47.0 Å². The van der Waals surface area contributed by atoms with E-state index in [2.05, 4.69) is 22.2 Å². The maximum Gasteiger partial charge on any atom is 0.148 e. The van der Waals surface area contributed by atoms with Gasteiger partial charge >= 0.3 is 0 Å². The van der Waals surface area contributed by atoms with Crippen LogP contribution in [0.25, 0.3) is 0 Å². The monoisotopic (exact) mass is 207 g/mol. The molecule has 1 aromatic heterocycles. The zero-order valence-corrected chi connectivity index (χ0v) is 9.45. The largest absolute Gasteiger partial charge is 0.376 e. The van der Waals surface area contributed by atoms with Crippen LogP contribution >= 0.6 is 0 Å². The molecule has 0 spiro atoms. The second kappa shape index (κ2) is 4.14. The second-order valence-corrected chi connectivity index (χ2v) is 4.06. The minimum atomic E-state index is 0.256. The van der Waals surface area contributed by atoms with Gasteiger partial charge in [0.25, 0.3) is 0 Å². The minimum Gasteiger partial charge on any atom is -0.376 e. The Morgan fingerprint density at radius 3 is 2.93 bits per heavy atom. The molecule has 2 rings (SSSR count). The van der Waals surface area contributed by atoms with Crippen molar-refractivity contribution < 1.29 is 4.74 Å². The standard InChI is InChI=1S/C11H17N3O/c1-7-6-12-8(2)11(13-7)14-10-4-5-15-9(10)3/h6,9-10H,4-5H2,1-3H3,(H,13,14). The van der Waals surface area contributed by atoms with Crippen molar-refractivity contribution in [2.24, 2.45) is 0 Å². The maximum atomic E-state index is 5.50. The molecule has 15 heavy (non-hydrogen) atoms. The van der Waals surface area contributed by atoms with Crippen molar-refractivity contribution in [2.75, 3.05) is 11.9 Å². The van der Waals surface area contributed by atoms with Crippen LogP contribution in [-0.4, -0.2) is 28.7 Å². The van der Waals surface area contributed by atoms with Crippen molar-refractivity contribution >= 4 is 5.82 Å². The minimum absolute atomic E-state index is 0.256. The molecular weight excluding hydrogens is 190 g/mol. The highest BCUT2D eigenvalue weighted by atomic mass is 16.5. The molecule has 1 N–H and O–H groups in total. The molecule has 0 aromatic carbocycles. The quantitative estimate of drug-likeness (QED) is 0.801.